The first-order chi connectivity index (χ1) is 17.2. The summed E-state index contributed by atoms with van der Waals surface area (Å²) in [6.45, 7) is 5.81. The second-order valence-corrected chi connectivity index (χ2v) is 9.94. The minimum atomic E-state index is -0.558. The van der Waals surface area contributed by atoms with E-state index in [1.54, 1.807) is 30.3 Å². The summed E-state index contributed by atoms with van der Waals surface area (Å²) in [5, 5.41) is 20.3. The van der Waals surface area contributed by atoms with Gasteiger partial charge in [-0.2, -0.15) is 0 Å². The van der Waals surface area contributed by atoms with E-state index in [1.165, 1.54) is 29.5 Å². The predicted molar refractivity (Wildman–Crippen MR) is 138 cm³/mol. The maximum Gasteiger partial charge on any atom is 0.220 e. The van der Waals surface area contributed by atoms with Gasteiger partial charge in [0.15, 0.2) is 5.16 Å². The number of hydrogen-bond acceptors (Lipinski definition) is 6. The molecular weight excluding hydrogens is 503 g/mol. The van der Waals surface area contributed by atoms with Crippen LogP contribution in [0.1, 0.15) is 33.3 Å². The van der Waals surface area contributed by atoms with Gasteiger partial charge >= 0.3 is 0 Å². The Bertz CT molecular complexity index is 1390. The Hall–Kier alpha value is -3.43. The molecular formula is C26H24ClFN4O3S. The summed E-state index contributed by atoms with van der Waals surface area (Å²) in [6.07, 6.45) is 0. The van der Waals surface area contributed by atoms with Crippen molar-refractivity contribution in [2.24, 2.45) is 0 Å². The van der Waals surface area contributed by atoms with E-state index in [1.807, 2.05) is 43.5 Å². The monoisotopic (exact) mass is 526 g/mol. The molecule has 0 bridgehead atoms. The lowest BCUT2D eigenvalue weighted by atomic mass is 10.1. The van der Waals surface area contributed by atoms with Gasteiger partial charge in [0, 0.05) is 10.6 Å². The number of aromatic nitrogens is 3. The topological polar surface area (TPSA) is 83.1 Å². The second kappa shape index (κ2) is 11.1. The van der Waals surface area contributed by atoms with Crippen molar-refractivity contribution in [3.05, 3.63) is 110 Å². The van der Waals surface area contributed by atoms with E-state index in [0.717, 1.165) is 16.8 Å². The first-order valence-electron chi connectivity index (χ1n) is 11.2. The fraction of sp³-hybridized carbons (Fsp3) is 0.231. The quantitative estimate of drug-likeness (QED) is 0.137. The van der Waals surface area contributed by atoms with Gasteiger partial charge in [0.1, 0.15) is 29.2 Å². The van der Waals surface area contributed by atoms with Gasteiger partial charge in [0.2, 0.25) is 6.54 Å². The molecule has 1 heterocycles. The molecule has 10 heteroatoms. The largest absolute Gasteiger partial charge is 0.487 e. The SMILES string of the molecule is Cc1ccc(-n2c(C)nnc2S[C@@H](C[N+](=O)[O-])c2ccc(OCc3ccc(F)cc3)c(Cl)c2)cc1C. The van der Waals surface area contributed by atoms with E-state index < -0.39 is 5.25 Å². The lowest BCUT2D eigenvalue weighted by molar-refractivity contribution is -0.479. The highest BCUT2D eigenvalue weighted by atomic mass is 35.5. The molecule has 7 nitrogen and oxygen atoms in total. The zero-order chi connectivity index (χ0) is 25.8. The van der Waals surface area contributed by atoms with E-state index >= 15 is 0 Å². The van der Waals surface area contributed by atoms with Crippen molar-refractivity contribution in [3.63, 3.8) is 0 Å². The third kappa shape index (κ3) is 6.03. The number of aryl methyl sites for hydroxylation is 3. The molecule has 0 unspecified atom stereocenters. The van der Waals surface area contributed by atoms with Crippen molar-refractivity contribution in [1.29, 1.82) is 0 Å². The highest BCUT2D eigenvalue weighted by molar-refractivity contribution is 7.99. The summed E-state index contributed by atoms with van der Waals surface area (Å²) in [6, 6.07) is 17.2. The van der Waals surface area contributed by atoms with Crippen LogP contribution in [0.25, 0.3) is 5.69 Å². The van der Waals surface area contributed by atoms with E-state index in [-0.39, 0.29) is 23.9 Å². The van der Waals surface area contributed by atoms with Gasteiger partial charge in [-0.25, -0.2) is 4.39 Å². The number of hydrogen-bond donors (Lipinski definition) is 0. The van der Waals surface area contributed by atoms with Crippen LogP contribution in [0.2, 0.25) is 5.02 Å². The predicted octanol–water partition coefficient (Wildman–Crippen LogP) is 6.67. The van der Waals surface area contributed by atoms with Crippen molar-refractivity contribution in [1.82, 2.24) is 14.8 Å². The molecule has 3 aromatic carbocycles. The first-order valence-corrected chi connectivity index (χ1v) is 12.4. The molecule has 0 aliphatic heterocycles. The Balaban J connectivity index is 1.58. The second-order valence-electron chi connectivity index (χ2n) is 8.36. The number of halogens is 2. The highest BCUT2D eigenvalue weighted by Gasteiger charge is 2.25. The fourth-order valence-corrected chi connectivity index (χ4v) is 5.04. The maximum atomic E-state index is 13.1. The summed E-state index contributed by atoms with van der Waals surface area (Å²) >= 11 is 7.73. The van der Waals surface area contributed by atoms with Gasteiger partial charge in [-0.05, 0) is 79.4 Å². The zero-order valence-electron chi connectivity index (χ0n) is 19.9. The molecule has 4 rings (SSSR count). The molecule has 1 atom stereocenters. The van der Waals surface area contributed by atoms with Crippen LogP contribution in [0.3, 0.4) is 0 Å². The Labute approximate surface area is 217 Å². The Morgan fingerprint density at radius 2 is 1.81 bits per heavy atom. The van der Waals surface area contributed by atoms with Crippen LogP contribution in [-0.4, -0.2) is 26.2 Å². The lowest BCUT2D eigenvalue weighted by Crippen LogP contribution is -2.11. The third-order valence-corrected chi connectivity index (χ3v) is 7.22. The standard InChI is InChI=1S/C26H24ClFN4O3S/c1-16-4-10-22(12-17(16)2)32-18(3)29-30-26(32)36-25(14-31(33)34)20-7-11-24(23(27)13-20)35-15-19-5-8-21(28)9-6-19/h4-13,25H,14-15H2,1-3H3/t25-/m0/s1. The molecule has 0 spiro atoms. The highest BCUT2D eigenvalue weighted by Crippen LogP contribution is 2.39. The fourth-order valence-electron chi connectivity index (χ4n) is 3.63. The van der Waals surface area contributed by atoms with Crippen molar-refractivity contribution in [3.8, 4) is 11.4 Å². The van der Waals surface area contributed by atoms with Crippen molar-refractivity contribution in [2.45, 2.75) is 37.8 Å². The van der Waals surface area contributed by atoms with Crippen molar-refractivity contribution < 1.29 is 14.1 Å². The van der Waals surface area contributed by atoms with Crippen molar-refractivity contribution >= 4 is 23.4 Å². The summed E-state index contributed by atoms with van der Waals surface area (Å²) in [4.78, 5) is 11.2. The number of rotatable bonds is 9. The number of benzene rings is 3. The number of thioether (sulfide) groups is 1. The van der Waals surface area contributed by atoms with E-state index in [2.05, 4.69) is 10.2 Å². The summed E-state index contributed by atoms with van der Waals surface area (Å²) in [5.41, 5.74) is 4.65. The first kappa shape index (κ1) is 25.7. The Morgan fingerprint density at radius 1 is 1.06 bits per heavy atom. The number of ether oxygens (including phenoxy) is 1. The average Bonchev–Trinajstić information content (AvgIpc) is 3.20. The molecule has 0 aliphatic rings. The molecule has 4 aromatic rings. The van der Waals surface area contributed by atoms with E-state index in [9.17, 15) is 14.5 Å². The van der Waals surface area contributed by atoms with E-state index in [4.69, 9.17) is 16.3 Å². The molecule has 0 saturated heterocycles. The molecule has 0 saturated carbocycles. The van der Waals surface area contributed by atoms with Crippen LogP contribution >= 0.6 is 23.4 Å². The Morgan fingerprint density at radius 3 is 2.47 bits per heavy atom. The van der Waals surface area contributed by atoms with Crippen molar-refractivity contribution in [2.75, 3.05) is 6.54 Å². The number of nitro groups is 1. The van der Waals surface area contributed by atoms with Gasteiger partial charge in [0.05, 0.1) is 5.02 Å². The molecule has 186 valence electrons. The molecule has 0 amide bonds. The van der Waals surface area contributed by atoms with Crippen LogP contribution in [-0.2, 0) is 6.61 Å². The molecule has 1 aromatic heterocycles. The molecule has 0 N–H and O–H groups in total. The molecule has 0 radical (unpaired) electrons. The van der Waals surface area contributed by atoms with Crippen LogP contribution in [0, 0.1) is 36.7 Å². The van der Waals surface area contributed by atoms with Gasteiger partial charge in [-0.15, -0.1) is 10.2 Å². The smallest absolute Gasteiger partial charge is 0.220 e. The third-order valence-electron chi connectivity index (χ3n) is 5.74. The molecule has 0 fully saturated rings. The van der Waals surface area contributed by atoms with Crippen LogP contribution < -0.4 is 4.74 Å². The minimum absolute atomic E-state index is 0.213. The van der Waals surface area contributed by atoms with Gasteiger partial charge in [-0.3, -0.25) is 14.7 Å². The molecule has 36 heavy (non-hydrogen) atoms. The van der Waals surface area contributed by atoms with Crippen LogP contribution in [0.15, 0.2) is 65.8 Å². The van der Waals surface area contributed by atoms with Crippen LogP contribution in [0.5, 0.6) is 5.75 Å². The summed E-state index contributed by atoms with van der Waals surface area (Å²) in [7, 11) is 0. The van der Waals surface area contributed by atoms with E-state index in [0.29, 0.717) is 27.3 Å². The normalized spacial score (nSPS) is 11.9. The zero-order valence-corrected chi connectivity index (χ0v) is 21.5. The average molecular weight is 527 g/mol. The van der Waals surface area contributed by atoms with Gasteiger partial charge < -0.3 is 4.74 Å². The van der Waals surface area contributed by atoms with Gasteiger partial charge in [0.25, 0.3) is 0 Å². The van der Waals surface area contributed by atoms with Crippen LogP contribution in [0.4, 0.5) is 4.39 Å². The van der Waals surface area contributed by atoms with Gasteiger partial charge in [-0.1, -0.05) is 47.6 Å². The number of nitrogens with zero attached hydrogens (tertiary/aromatic N) is 4. The minimum Gasteiger partial charge on any atom is -0.487 e. The summed E-state index contributed by atoms with van der Waals surface area (Å²) in [5.74, 6) is 0.797. The Kier molecular flexibility index (Phi) is 7.91. The molecule has 0 aliphatic carbocycles. The lowest BCUT2D eigenvalue weighted by Gasteiger charge is -2.16. The summed E-state index contributed by atoms with van der Waals surface area (Å²) < 4.78 is 20.8. The maximum absolute atomic E-state index is 13.1.